The topological polar surface area (TPSA) is 30.7 Å². The molecule has 2 heterocycles. The molecule has 84 valence electrons. The first-order chi connectivity index (χ1) is 7.48. The second kappa shape index (κ2) is 3.62. The zero-order chi connectivity index (χ0) is 11.8. The van der Waals surface area contributed by atoms with Crippen LogP contribution in [0.3, 0.4) is 0 Å². The van der Waals surface area contributed by atoms with Crippen LogP contribution in [0.5, 0.6) is 0 Å². The minimum absolute atomic E-state index is 0.205. The number of hydrogen-bond donors (Lipinski definition) is 0. The first kappa shape index (κ1) is 10.7. The van der Waals surface area contributed by atoms with Crippen molar-refractivity contribution in [3.63, 3.8) is 0 Å². The molecule has 0 saturated heterocycles. The second-order valence-electron chi connectivity index (χ2n) is 3.27. The summed E-state index contributed by atoms with van der Waals surface area (Å²) in [7, 11) is 0. The van der Waals surface area contributed by atoms with E-state index in [0.717, 1.165) is 10.7 Å². The molecule has 16 heavy (non-hydrogen) atoms. The number of rotatable bonds is 1. The van der Waals surface area contributed by atoms with Crippen LogP contribution in [0.25, 0.3) is 5.82 Å². The molecule has 0 fully saturated rings. The highest BCUT2D eigenvalue weighted by atomic mass is 19.4. The molecule has 0 spiro atoms. The number of nitrogens with zero attached hydrogens (tertiary/aromatic N) is 3. The summed E-state index contributed by atoms with van der Waals surface area (Å²) >= 11 is 0. The lowest BCUT2D eigenvalue weighted by Crippen LogP contribution is -2.12. The number of hydrogen-bond acceptors (Lipinski definition) is 2. The minimum Gasteiger partial charge on any atom is -0.237 e. The van der Waals surface area contributed by atoms with E-state index in [1.54, 1.807) is 13.0 Å². The second-order valence-corrected chi connectivity index (χ2v) is 3.27. The van der Waals surface area contributed by atoms with Crippen LogP contribution in [0.1, 0.15) is 11.3 Å². The fourth-order valence-electron chi connectivity index (χ4n) is 1.33. The first-order valence-corrected chi connectivity index (χ1v) is 4.53. The van der Waals surface area contributed by atoms with Gasteiger partial charge in [0.15, 0.2) is 5.82 Å². The van der Waals surface area contributed by atoms with E-state index in [9.17, 15) is 13.2 Å². The molecule has 0 aliphatic rings. The maximum absolute atomic E-state index is 12.7. The third kappa shape index (κ3) is 1.91. The summed E-state index contributed by atoms with van der Waals surface area (Å²) in [6.45, 7) is 1.70. The number of pyridine rings is 1. The normalized spacial score (nSPS) is 11.8. The van der Waals surface area contributed by atoms with Gasteiger partial charge in [0.25, 0.3) is 0 Å². The van der Waals surface area contributed by atoms with Gasteiger partial charge in [-0.1, -0.05) is 0 Å². The molecule has 0 radical (unpaired) electrons. The van der Waals surface area contributed by atoms with Crippen LogP contribution in [0.15, 0.2) is 30.6 Å². The lowest BCUT2D eigenvalue weighted by atomic mass is 10.2. The van der Waals surface area contributed by atoms with E-state index >= 15 is 0 Å². The molecule has 0 amide bonds. The van der Waals surface area contributed by atoms with Gasteiger partial charge in [-0.15, -0.1) is 0 Å². The number of aromatic nitrogens is 3. The summed E-state index contributed by atoms with van der Waals surface area (Å²) < 4.78 is 39.1. The molecule has 0 saturated carbocycles. The van der Waals surface area contributed by atoms with Crippen molar-refractivity contribution in [2.75, 3.05) is 0 Å². The van der Waals surface area contributed by atoms with Gasteiger partial charge < -0.3 is 0 Å². The summed E-state index contributed by atoms with van der Waals surface area (Å²) in [6.07, 6.45) is -1.67. The fourth-order valence-corrected chi connectivity index (χ4v) is 1.33. The quantitative estimate of drug-likeness (QED) is 0.749. The van der Waals surface area contributed by atoms with Crippen LogP contribution >= 0.6 is 0 Å². The van der Waals surface area contributed by atoms with Gasteiger partial charge in [-0.05, 0) is 25.1 Å². The predicted octanol–water partition coefficient (Wildman–Crippen LogP) is 2.59. The van der Waals surface area contributed by atoms with E-state index < -0.39 is 11.7 Å². The van der Waals surface area contributed by atoms with Crippen molar-refractivity contribution in [2.45, 2.75) is 13.1 Å². The maximum Gasteiger partial charge on any atom is 0.420 e. The fraction of sp³-hybridized carbons (Fsp3) is 0.200. The molecule has 0 aliphatic heterocycles. The standard InChI is InChI=1S/C10H8F3N3/c1-7-4-6-16(15-7)9-8(10(11,12)13)3-2-5-14-9/h2-6H,1H3. The highest BCUT2D eigenvalue weighted by Gasteiger charge is 2.34. The van der Waals surface area contributed by atoms with Crippen LogP contribution in [-0.2, 0) is 6.18 Å². The Hall–Kier alpha value is -1.85. The van der Waals surface area contributed by atoms with E-state index in [2.05, 4.69) is 10.1 Å². The van der Waals surface area contributed by atoms with Gasteiger partial charge in [0.2, 0.25) is 0 Å². The number of aryl methyl sites for hydroxylation is 1. The summed E-state index contributed by atoms with van der Waals surface area (Å²) in [5.74, 6) is -0.205. The average molecular weight is 227 g/mol. The van der Waals surface area contributed by atoms with Crippen LogP contribution in [0, 0.1) is 6.92 Å². The van der Waals surface area contributed by atoms with Gasteiger partial charge in [0.05, 0.1) is 5.69 Å². The Morgan fingerprint density at radius 1 is 1.25 bits per heavy atom. The lowest BCUT2D eigenvalue weighted by Gasteiger charge is -2.10. The Morgan fingerprint density at radius 3 is 2.56 bits per heavy atom. The highest BCUT2D eigenvalue weighted by molar-refractivity contribution is 5.35. The van der Waals surface area contributed by atoms with Gasteiger partial charge in [0.1, 0.15) is 5.56 Å². The molecular formula is C10H8F3N3. The summed E-state index contributed by atoms with van der Waals surface area (Å²) in [6, 6.07) is 3.86. The Labute approximate surface area is 89.5 Å². The van der Waals surface area contributed by atoms with E-state index in [-0.39, 0.29) is 5.82 Å². The van der Waals surface area contributed by atoms with Gasteiger partial charge in [0, 0.05) is 12.4 Å². The molecule has 0 unspecified atom stereocenters. The van der Waals surface area contributed by atoms with E-state index in [1.165, 1.54) is 18.5 Å². The van der Waals surface area contributed by atoms with Crippen LogP contribution in [-0.4, -0.2) is 14.8 Å². The first-order valence-electron chi connectivity index (χ1n) is 4.53. The predicted molar refractivity (Wildman–Crippen MR) is 51.1 cm³/mol. The molecule has 2 rings (SSSR count). The highest BCUT2D eigenvalue weighted by Crippen LogP contribution is 2.32. The molecule has 0 N–H and O–H groups in total. The summed E-state index contributed by atoms with van der Waals surface area (Å²) in [4.78, 5) is 3.71. The molecule has 0 bridgehead atoms. The van der Waals surface area contributed by atoms with Crippen molar-refractivity contribution in [1.82, 2.24) is 14.8 Å². The third-order valence-electron chi connectivity index (χ3n) is 2.03. The van der Waals surface area contributed by atoms with Gasteiger partial charge in [-0.3, -0.25) is 0 Å². The van der Waals surface area contributed by atoms with Crippen LogP contribution < -0.4 is 0 Å². The van der Waals surface area contributed by atoms with Crippen molar-refractivity contribution >= 4 is 0 Å². The number of halogens is 3. The Bertz CT molecular complexity index is 502. The largest absolute Gasteiger partial charge is 0.420 e. The molecule has 2 aromatic heterocycles. The van der Waals surface area contributed by atoms with Crippen molar-refractivity contribution < 1.29 is 13.2 Å². The molecule has 0 aliphatic carbocycles. The van der Waals surface area contributed by atoms with E-state index in [4.69, 9.17) is 0 Å². The van der Waals surface area contributed by atoms with Crippen molar-refractivity contribution in [3.8, 4) is 5.82 Å². The molecule has 6 heteroatoms. The van der Waals surface area contributed by atoms with Gasteiger partial charge in [-0.25, -0.2) is 9.67 Å². The number of alkyl halides is 3. The smallest absolute Gasteiger partial charge is 0.237 e. The summed E-state index contributed by atoms with van der Waals surface area (Å²) in [5.41, 5.74) is -0.156. The minimum atomic E-state index is -4.43. The molecule has 2 aromatic rings. The zero-order valence-electron chi connectivity index (χ0n) is 8.36. The van der Waals surface area contributed by atoms with E-state index in [0.29, 0.717) is 5.69 Å². The molecule has 3 nitrogen and oxygen atoms in total. The van der Waals surface area contributed by atoms with Crippen LogP contribution in [0.4, 0.5) is 13.2 Å². The lowest BCUT2D eigenvalue weighted by molar-refractivity contribution is -0.137. The van der Waals surface area contributed by atoms with Crippen molar-refractivity contribution in [3.05, 3.63) is 41.9 Å². The molecule has 0 aromatic carbocycles. The van der Waals surface area contributed by atoms with Gasteiger partial charge >= 0.3 is 6.18 Å². The zero-order valence-corrected chi connectivity index (χ0v) is 8.36. The SMILES string of the molecule is Cc1ccn(-c2ncccc2C(F)(F)F)n1. The monoisotopic (exact) mass is 227 g/mol. The molecule has 0 atom stereocenters. The Kier molecular flexibility index (Phi) is 2.41. The van der Waals surface area contributed by atoms with Crippen molar-refractivity contribution in [2.24, 2.45) is 0 Å². The molecular weight excluding hydrogens is 219 g/mol. The average Bonchev–Trinajstić information content (AvgIpc) is 2.64. The van der Waals surface area contributed by atoms with Crippen LogP contribution in [0.2, 0.25) is 0 Å². The maximum atomic E-state index is 12.7. The van der Waals surface area contributed by atoms with E-state index in [1.807, 2.05) is 0 Å². The summed E-state index contributed by atoms with van der Waals surface area (Å²) in [5, 5.41) is 3.91. The Morgan fingerprint density at radius 2 is 2.00 bits per heavy atom. The third-order valence-corrected chi connectivity index (χ3v) is 2.03. The van der Waals surface area contributed by atoms with Crippen molar-refractivity contribution in [1.29, 1.82) is 0 Å². The van der Waals surface area contributed by atoms with Gasteiger partial charge in [-0.2, -0.15) is 18.3 Å². The Balaban J connectivity index is 2.57.